The minimum Gasteiger partial charge on any atom is -0.314 e. The zero-order chi connectivity index (χ0) is 12.7. The van der Waals surface area contributed by atoms with Crippen molar-refractivity contribution in [1.29, 1.82) is 0 Å². The molecule has 0 radical (unpaired) electrons. The van der Waals surface area contributed by atoms with Gasteiger partial charge in [-0.15, -0.1) is 0 Å². The SMILES string of the molecule is CC(CC1CCCCCN1)NCC(C)C(C)C. The van der Waals surface area contributed by atoms with E-state index in [9.17, 15) is 0 Å². The number of hydrogen-bond donors (Lipinski definition) is 2. The smallest absolute Gasteiger partial charge is 0.00817 e. The summed E-state index contributed by atoms with van der Waals surface area (Å²) in [6.45, 7) is 11.7. The van der Waals surface area contributed by atoms with E-state index in [0.29, 0.717) is 6.04 Å². The summed E-state index contributed by atoms with van der Waals surface area (Å²) >= 11 is 0. The molecular weight excluding hydrogens is 208 g/mol. The molecule has 3 unspecified atom stereocenters. The molecule has 1 rings (SSSR count). The summed E-state index contributed by atoms with van der Waals surface area (Å²) in [7, 11) is 0. The maximum Gasteiger partial charge on any atom is 0.00817 e. The first kappa shape index (κ1) is 15.0. The van der Waals surface area contributed by atoms with Crippen LogP contribution in [0.1, 0.15) is 59.8 Å². The van der Waals surface area contributed by atoms with Gasteiger partial charge in [0.05, 0.1) is 0 Å². The second-order valence-electron chi connectivity index (χ2n) is 6.27. The van der Waals surface area contributed by atoms with E-state index in [1.165, 1.54) is 38.6 Å². The Bertz CT molecular complexity index is 183. The van der Waals surface area contributed by atoms with Crippen molar-refractivity contribution in [2.75, 3.05) is 13.1 Å². The first-order chi connectivity index (χ1) is 8.09. The molecular formula is C15H32N2. The third kappa shape index (κ3) is 6.42. The van der Waals surface area contributed by atoms with Crippen molar-refractivity contribution in [3.8, 4) is 0 Å². The molecule has 2 heteroatoms. The topological polar surface area (TPSA) is 24.1 Å². The number of rotatable bonds is 6. The maximum absolute atomic E-state index is 3.69. The van der Waals surface area contributed by atoms with Gasteiger partial charge in [0, 0.05) is 12.1 Å². The summed E-state index contributed by atoms with van der Waals surface area (Å²) in [5, 5.41) is 7.37. The zero-order valence-corrected chi connectivity index (χ0v) is 12.3. The second-order valence-corrected chi connectivity index (χ2v) is 6.27. The molecule has 1 heterocycles. The van der Waals surface area contributed by atoms with Gasteiger partial charge in [-0.3, -0.25) is 0 Å². The molecule has 2 nitrogen and oxygen atoms in total. The Balaban J connectivity index is 2.16. The quantitative estimate of drug-likeness (QED) is 0.745. The van der Waals surface area contributed by atoms with E-state index < -0.39 is 0 Å². The van der Waals surface area contributed by atoms with Crippen molar-refractivity contribution in [3.05, 3.63) is 0 Å². The third-order valence-electron chi connectivity index (χ3n) is 4.23. The van der Waals surface area contributed by atoms with E-state index in [0.717, 1.165) is 24.4 Å². The Labute approximate surface area is 108 Å². The van der Waals surface area contributed by atoms with Crippen LogP contribution >= 0.6 is 0 Å². The molecule has 0 spiro atoms. The van der Waals surface area contributed by atoms with Gasteiger partial charge in [-0.05, 0) is 51.1 Å². The molecule has 0 aromatic rings. The lowest BCUT2D eigenvalue weighted by Crippen LogP contribution is -2.38. The van der Waals surface area contributed by atoms with Crippen molar-refractivity contribution < 1.29 is 0 Å². The van der Waals surface area contributed by atoms with Gasteiger partial charge >= 0.3 is 0 Å². The lowest BCUT2D eigenvalue weighted by molar-refractivity contribution is 0.345. The normalized spacial score (nSPS) is 25.6. The summed E-state index contributed by atoms with van der Waals surface area (Å²) in [6.07, 6.45) is 6.84. The fourth-order valence-electron chi connectivity index (χ4n) is 2.43. The molecule has 3 atom stereocenters. The van der Waals surface area contributed by atoms with E-state index in [1.54, 1.807) is 0 Å². The minimum atomic E-state index is 0.645. The van der Waals surface area contributed by atoms with Crippen LogP contribution in [0.25, 0.3) is 0 Å². The van der Waals surface area contributed by atoms with Crippen molar-refractivity contribution in [3.63, 3.8) is 0 Å². The van der Waals surface area contributed by atoms with E-state index in [-0.39, 0.29) is 0 Å². The largest absolute Gasteiger partial charge is 0.314 e. The Morgan fingerprint density at radius 1 is 1.12 bits per heavy atom. The highest BCUT2D eigenvalue weighted by Gasteiger charge is 2.15. The number of nitrogens with one attached hydrogen (secondary N) is 2. The van der Waals surface area contributed by atoms with E-state index in [4.69, 9.17) is 0 Å². The minimum absolute atomic E-state index is 0.645. The highest BCUT2D eigenvalue weighted by atomic mass is 14.9. The molecule has 0 aliphatic carbocycles. The predicted octanol–water partition coefficient (Wildman–Crippen LogP) is 3.18. The molecule has 1 aliphatic rings. The summed E-state index contributed by atoms with van der Waals surface area (Å²) in [5.74, 6) is 1.56. The van der Waals surface area contributed by atoms with Gasteiger partial charge in [0.15, 0.2) is 0 Å². The van der Waals surface area contributed by atoms with Crippen LogP contribution in [0, 0.1) is 11.8 Å². The van der Waals surface area contributed by atoms with Crippen LogP contribution in [-0.4, -0.2) is 25.2 Å². The highest BCUT2D eigenvalue weighted by Crippen LogP contribution is 2.13. The molecule has 0 aromatic heterocycles. The molecule has 0 amide bonds. The van der Waals surface area contributed by atoms with Gasteiger partial charge < -0.3 is 10.6 Å². The lowest BCUT2D eigenvalue weighted by atomic mass is 9.97. The molecule has 17 heavy (non-hydrogen) atoms. The molecule has 0 aromatic carbocycles. The summed E-state index contributed by atoms with van der Waals surface area (Å²) in [5.41, 5.74) is 0. The van der Waals surface area contributed by atoms with E-state index >= 15 is 0 Å². The van der Waals surface area contributed by atoms with Crippen LogP contribution in [0.5, 0.6) is 0 Å². The molecule has 1 aliphatic heterocycles. The number of hydrogen-bond acceptors (Lipinski definition) is 2. The average molecular weight is 240 g/mol. The average Bonchev–Trinajstić information content (AvgIpc) is 2.54. The molecule has 0 bridgehead atoms. The maximum atomic E-state index is 3.69. The summed E-state index contributed by atoms with van der Waals surface area (Å²) < 4.78 is 0. The van der Waals surface area contributed by atoms with Gasteiger partial charge in [0.2, 0.25) is 0 Å². The zero-order valence-electron chi connectivity index (χ0n) is 12.3. The van der Waals surface area contributed by atoms with E-state index in [2.05, 4.69) is 38.3 Å². The van der Waals surface area contributed by atoms with Crippen LogP contribution in [0.3, 0.4) is 0 Å². The molecule has 0 saturated carbocycles. The van der Waals surface area contributed by atoms with Crippen molar-refractivity contribution in [2.45, 2.75) is 71.9 Å². The van der Waals surface area contributed by atoms with Crippen molar-refractivity contribution >= 4 is 0 Å². The van der Waals surface area contributed by atoms with Gasteiger partial charge in [0.25, 0.3) is 0 Å². The van der Waals surface area contributed by atoms with E-state index in [1.807, 2.05) is 0 Å². The van der Waals surface area contributed by atoms with Crippen LogP contribution in [0.15, 0.2) is 0 Å². The lowest BCUT2D eigenvalue weighted by Gasteiger charge is -2.24. The van der Waals surface area contributed by atoms with Gasteiger partial charge in [-0.25, -0.2) is 0 Å². The molecule has 1 saturated heterocycles. The fourth-order valence-corrected chi connectivity index (χ4v) is 2.43. The van der Waals surface area contributed by atoms with Crippen LogP contribution in [-0.2, 0) is 0 Å². The van der Waals surface area contributed by atoms with Gasteiger partial charge in [-0.1, -0.05) is 33.6 Å². The molecule has 102 valence electrons. The van der Waals surface area contributed by atoms with Gasteiger partial charge in [0.1, 0.15) is 0 Å². The first-order valence-corrected chi connectivity index (χ1v) is 7.56. The standard InChI is InChI=1S/C15H32N2/c1-12(2)13(3)11-17-14(4)10-15-8-6-5-7-9-16-15/h12-17H,5-11H2,1-4H3. The monoisotopic (exact) mass is 240 g/mol. The third-order valence-corrected chi connectivity index (χ3v) is 4.23. The Hall–Kier alpha value is -0.0800. The first-order valence-electron chi connectivity index (χ1n) is 7.56. The van der Waals surface area contributed by atoms with Crippen molar-refractivity contribution in [2.24, 2.45) is 11.8 Å². The van der Waals surface area contributed by atoms with Crippen LogP contribution in [0.4, 0.5) is 0 Å². The fraction of sp³-hybridized carbons (Fsp3) is 1.00. The molecule has 1 fully saturated rings. The Morgan fingerprint density at radius 3 is 2.59 bits per heavy atom. The molecule has 2 N–H and O–H groups in total. The summed E-state index contributed by atoms with van der Waals surface area (Å²) in [4.78, 5) is 0. The second kappa shape index (κ2) is 8.10. The van der Waals surface area contributed by atoms with Gasteiger partial charge in [-0.2, -0.15) is 0 Å². The van der Waals surface area contributed by atoms with Crippen molar-refractivity contribution in [1.82, 2.24) is 10.6 Å². The Kier molecular flexibility index (Phi) is 7.14. The Morgan fingerprint density at radius 2 is 1.88 bits per heavy atom. The predicted molar refractivity (Wildman–Crippen MR) is 76.3 cm³/mol. The summed E-state index contributed by atoms with van der Waals surface area (Å²) in [6, 6.07) is 1.39. The van der Waals surface area contributed by atoms with Crippen LogP contribution < -0.4 is 10.6 Å². The van der Waals surface area contributed by atoms with Crippen LogP contribution in [0.2, 0.25) is 0 Å². The highest BCUT2D eigenvalue weighted by molar-refractivity contribution is 4.76.